The number of hydrogen-bond donors (Lipinski definition) is 2. The number of rotatable bonds is 10. The Balaban J connectivity index is 2.02. The molecule has 1 heterocycles. The van der Waals surface area contributed by atoms with Crippen LogP contribution < -0.4 is 10.0 Å². The summed E-state index contributed by atoms with van der Waals surface area (Å²) in [7, 11) is -4.14. The number of thioether (sulfide) groups is 1. The Hall–Kier alpha value is -0.940. The molecule has 0 saturated carbocycles. The van der Waals surface area contributed by atoms with Crippen molar-refractivity contribution in [3.05, 3.63) is 50.9 Å². The van der Waals surface area contributed by atoms with E-state index in [0.717, 1.165) is 14.7 Å². The third-order valence-corrected chi connectivity index (χ3v) is 7.48. The molecule has 27 heavy (non-hydrogen) atoms. The maximum Gasteiger partial charge on any atom is 0.244 e. The lowest BCUT2D eigenvalue weighted by atomic mass is 10.2. The van der Waals surface area contributed by atoms with Crippen molar-refractivity contribution in [2.45, 2.75) is 23.8 Å². The van der Waals surface area contributed by atoms with Crippen LogP contribution in [0.1, 0.15) is 11.3 Å². The number of thiophene rings is 1. The van der Waals surface area contributed by atoms with Gasteiger partial charge in [0.05, 0.1) is 3.79 Å². The van der Waals surface area contributed by atoms with E-state index in [4.69, 9.17) is 0 Å². The van der Waals surface area contributed by atoms with Crippen molar-refractivity contribution in [3.63, 3.8) is 0 Å². The molecule has 1 unspecified atom stereocenters. The Morgan fingerprint density at radius 1 is 1.30 bits per heavy atom. The Kier molecular flexibility index (Phi) is 8.74. The quantitative estimate of drug-likeness (QED) is 0.530. The first-order chi connectivity index (χ1) is 12.8. The van der Waals surface area contributed by atoms with Crippen molar-refractivity contribution in [1.82, 2.24) is 10.0 Å². The molecule has 148 valence electrons. The third-order valence-electron chi connectivity index (χ3n) is 3.65. The molecule has 1 atom stereocenters. The van der Waals surface area contributed by atoms with Crippen LogP contribution >= 0.6 is 39.0 Å². The van der Waals surface area contributed by atoms with Gasteiger partial charge in [-0.2, -0.15) is 16.5 Å². The molecule has 2 N–H and O–H groups in total. The fraction of sp³-hybridized carbons (Fsp3) is 0.353. The first-order valence-corrected chi connectivity index (χ1v) is 12.6. The summed E-state index contributed by atoms with van der Waals surface area (Å²) in [5, 5.41) is 2.76. The molecule has 0 bridgehead atoms. The molecule has 0 aliphatic rings. The van der Waals surface area contributed by atoms with E-state index in [0.29, 0.717) is 25.1 Å². The maximum atomic E-state index is 13.9. The van der Waals surface area contributed by atoms with Gasteiger partial charge in [-0.05, 0) is 65.0 Å². The van der Waals surface area contributed by atoms with E-state index in [1.807, 2.05) is 18.4 Å². The van der Waals surface area contributed by atoms with Gasteiger partial charge in [-0.3, -0.25) is 4.79 Å². The van der Waals surface area contributed by atoms with Crippen molar-refractivity contribution in [2.75, 3.05) is 18.6 Å². The first kappa shape index (κ1) is 22.4. The fourth-order valence-corrected chi connectivity index (χ4v) is 5.57. The highest BCUT2D eigenvalue weighted by molar-refractivity contribution is 9.11. The SMILES string of the molecule is CSCCC(NS(=O)(=O)c1ccccc1F)C(=O)NCCc1ccc(Br)s1. The van der Waals surface area contributed by atoms with E-state index >= 15 is 0 Å². The summed E-state index contributed by atoms with van der Waals surface area (Å²) in [6.45, 7) is 0.392. The van der Waals surface area contributed by atoms with Crippen LogP contribution in [0.5, 0.6) is 0 Å². The number of nitrogens with one attached hydrogen (secondary N) is 2. The maximum absolute atomic E-state index is 13.9. The zero-order valence-electron chi connectivity index (χ0n) is 14.6. The fourth-order valence-electron chi connectivity index (χ4n) is 2.31. The zero-order valence-corrected chi connectivity index (χ0v) is 18.6. The predicted octanol–water partition coefficient (Wildman–Crippen LogP) is 3.41. The van der Waals surface area contributed by atoms with E-state index in [1.165, 1.54) is 30.0 Å². The molecule has 2 aromatic rings. The van der Waals surface area contributed by atoms with Crippen molar-refractivity contribution >= 4 is 55.0 Å². The van der Waals surface area contributed by atoms with Crippen molar-refractivity contribution in [1.29, 1.82) is 0 Å². The standard InChI is InChI=1S/C17H20BrFN2O3S3/c1-25-11-9-14(17(22)20-10-8-12-6-7-16(18)26-12)21-27(23,24)15-5-3-2-4-13(15)19/h2-7,14,21H,8-11H2,1H3,(H,20,22). The Morgan fingerprint density at radius 2 is 2.04 bits per heavy atom. The highest BCUT2D eigenvalue weighted by atomic mass is 79.9. The Bertz CT molecular complexity index is 874. The molecule has 0 fully saturated rings. The van der Waals surface area contributed by atoms with E-state index < -0.39 is 32.7 Å². The molecule has 2 rings (SSSR count). The van der Waals surface area contributed by atoms with Crippen LogP contribution in [0.25, 0.3) is 0 Å². The van der Waals surface area contributed by atoms with Crippen LogP contribution in [0.3, 0.4) is 0 Å². The number of sulfonamides is 1. The summed E-state index contributed by atoms with van der Waals surface area (Å²) in [5.74, 6) is -0.674. The smallest absolute Gasteiger partial charge is 0.244 e. The molecule has 10 heteroatoms. The van der Waals surface area contributed by atoms with Crippen molar-refractivity contribution in [3.8, 4) is 0 Å². The number of amides is 1. The Labute approximate surface area is 175 Å². The molecule has 0 spiro atoms. The minimum absolute atomic E-state index is 0.311. The zero-order chi connectivity index (χ0) is 19.9. The van der Waals surface area contributed by atoms with E-state index in [2.05, 4.69) is 26.0 Å². The van der Waals surface area contributed by atoms with Gasteiger partial charge in [0.2, 0.25) is 15.9 Å². The minimum Gasteiger partial charge on any atom is -0.354 e. The normalized spacial score (nSPS) is 12.7. The number of carbonyl (C=O) groups is 1. The number of carbonyl (C=O) groups excluding carboxylic acids is 1. The van der Waals surface area contributed by atoms with Gasteiger partial charge in [0.15, 0.2) is 0 Å². The second kappa shape index (κ2) is 10.6. The average Bonchev–Trinajstić information content (AvgIpc) is 3.03. The van der Waals surface area contributed by atoms with Crippen LogP contribution in [0.2, 0.25) is 0 Å². The third kappa shape index (κ3) is 6.86. The van der Waals surface area contributed by atoms with Crippen molar-refractivity contribution in [2.24, 2.45) is 0 Å². The van der Waals surface area contributed by atoms with Crippen molar-refractivity contribution < 1.29 is 17.6 Å². The van der Waals surface area contributed by atoms with Gasteiger partial charge in [-0.15, -0.1) is 11.3 Å². The summed E-state index contributed by atoms with van der Waals surface area (Å²) in [5.41, 5.74) is 0. The van der Waals surface area contributed by atoms with E-state index in [9.17, 15) is 17.6 Å². The largest absolute Gasteiger partial charge is 0.354 e. The molecular formula is C17H20BrFN2O3S3. The topological polar surface area (TPSA) is 75.3 Å². The van der Waals surface area contributed by atoms with Gasteiger partial charge in [0.25, 0.3) is 0 Å². The second-order valence-electron chi connectivity index (χ2n) is 5.63. The summed E-state index contributed by atoms with van der Waals surface area (Å²) in [6.07, 6.45) is 2.83. The lowest BCUT2D eigenvalue weighted by Crippen LogP contribution is -2.47. The highest BCUT2D eigenvalue weighted by Crippen LogP contribution is 2.22. The van der Waals surface area contributed by atoms with E-state index in [1.54, 1.807) is 11.3 Å². The van der Waals surface area contributed by atoms with Gasteiger partial charge >= 0.3 is 0 Å². The molecule has 5 nitrogen and oxygen atoms in total. The summed E-state index contributed by atoms with van der Waals surface area (Å²) in [4.78, 5) is 13.1. The van der Waals surface area contributed by atoms with Crippen LogP contribution in [-0.4, -0.2) is 38.9 Å². The van der Waals surface area contributed by atoms with Gasteiger partial charge in [0.1, 0.15) is 16.8 Å². The van der Waals surface area contributed by atoms with E-state index in [-0.39, 0.29) is 0 Å². The molecule has 0 aliphatic heterocycles. The first-order valence-electron chi connectivity index (χ1n) is 8.11. The molecule has 0 radical (unpaired) electrons. The van der Waals surface area contributed by atoms with Gasteiger partial charge < -0.3 is 5.32 Å². The molecule has 1 amide bonds. The van der Waals surface area contributed by atoms with Gasteiger partial charge in [-0.25, -0.2) is 12.8 Å². The van der Waals surface area contributed by atoms with Crippen LogP contribution in [0, 0.1) is 5.82 Å². The summed E-state index contributed by atoms with van der Waals surface area (Å²) >= 11 is 6.47. The summed E-state index contributed by atoms with van der Waals surface area (Å²) in [6, 6.07) is 8.04. The molecular weight excluding hydrogens is 475 g/mol. The Morgan fingerprint density at radius 3 is 2.67 bits per heavy atom. The average molecular weight is 495 g/mol. The predicted molar refractivity (Wildman–Crippen MR) is 112 cm³/mol. The summed E-state index contributed by atoms with van der Waals surface area (Å²) < 4.78 is 42.2. The van der Waals surface area contributed by atoms with Crippen LogP contribution in [0.4, 0.5) is 4.39 Å². The van der Waals surface area contributed by atoms with Crippen LogP contribution in [0.15, 0.2) is 45.1 Å². The molecule has 0 saturated heterocycles. The number of hydrogen-bond acceptors (Lipinski definition) is 5. The second-order valence-corrected chi connectivity index (χ2v) is 10.8. The van der Waals surface area contributed by atoms with Crippen LogP contribution in [-0.2, 0) is 21.2 Å². The lowest BCUT2D eigenvalue weighted by molar-refractivity contribution is -0.122. The van der Waals surface area contributed by atoms with Gasteiger partial charge in [-0.1, -0.05) is 12.1 Å². The monoisotopic (exact) mass is 494 g/mol. The van der Waals surface area contributed by atoms with Gasteiger partial charge in [0, 0.05) is 11.4 Å². The highest BCUT2D eigenvalue weighted by Gasteiger charge is 2.27. The number of benzene rings is 1. The lowest BCUT2D eigenvalue weighted by Gasteiger charge is -2.18. The molecule has 0 aliphatic carbocycles. The number of halogens is 2. The molecule has 1 aromatic carbocycles. The molecule has 1 aromatic heterocycles. The minimum atomic E-state index is -4.14.